The summed E-state index contributed by atoms with van der Waals surface area (Å²) in [6, 6.07) is 0. The zero-order valence-electron chi connectivity index (χ0n) is 11.2. The highest BCUT2D eigenvalue weighted by molar-refractivity contribution is 6.03. The minimum atomic E-state index is -0.565. The molecule has 1 unspecified atom stereocenters. The van der Waals surface area contributed by atoms with Crippen molar-refractivity contribution in [1.82, 2.24) is 0 Å². The second-order valence-corrected chi connectivity index (χ2v) is 5.56. The summed E-state index contributed by atoms with van der Waals surface area (Å²) in [7, 11) is 0. The van der Waals surface area contributed by atoms with Crippen LogP contribution in [0.1, 0.15) is 40.5 Å². The molecular formula is C15H22O2. The third kappa shape index (κ3) is 4.70. The first-order valence-electron chi connectivity index (χ1n) is 6.06. The van der Waals surface area contributed by atoms with Gasteiger partial charge in [0.2, 0.25) is 0 Å². The number of rotatable bonds is 0. The van der Waals surface area contributed by atoms with Crippen LogP contribution in [-0.4, -0.2) is 17.0 Å². The molecule has 1 atom stereocenters. The average Bonchev–Trinajstić information content (AvgIpc) is 2.23. The van der Waals surface area contributed by atoms with Gasteiger partial charge >= 0.3 is 0 Å². The van der Waals surface area contributed by atoms with Gasteiger partial charge in [-0.2, -0.15) is 0 Å². The van der Waals surface area contributed by atoms with Crippen molar-refractivity contribution in [3.63, 3.8) is 0 Å². The molecule has 1 aliphatic rings. The molecule has 0 fully saturated rings. The largest absolute Gasteiger partial charge is 0.389 e. The molecule has 0 amide bonds. The van der Waals surface area contributed by atoms with Crippen LogP contribution in [0.25, 0.3) is 0 Å². The summed E-state index contributed by atoms with van der Waals surface area (Å²) < 4.78 is 0. The number of aliphatic hydroxyl groups excluding tert-OH is 1. The molecule has 0 aromatic carbocycles. The van der Waals surface area contributed by atoms with Crippen molar-refractivity contribution < 1.29 is 9.90 Å². The van der Waals surface area contributed by atoms with Crippen LogP contribution < -0.4 is 0 Å². The first-order chi connectivity index (χ1) is 7.80. The van der Waals surface area contributed by atoms with Crippen LogP contribution in [0.15, 0.2) is 35.5 Å². The van der Waals surface area contributed by atoms with E-state index < -0.39 is 6.10 Å². The van der Waals surface area contributed by atoms with Crippen LogP contribution in [0.3, 0.4) is 0 Å². The third-order valence-corrected chi connectivity index (χ3v) is 3.02. The van der Waals surface area contributed by atoms with Crippen LogP contribution in [0, 0.1) is 5.41 Å². The topological polar surface area (TPSA) is 37.3 Å². The number of allylic oxidation sites excluding steroid dienone is 4. The Labute approximate surface area is 104 Å². The summed E-state index contributed by atoms with van der Waals surface area (Å²) in [6.07, 6.45) is 8.27. The van der Waals surface area contributed by atoms with E-state index in [4.69, 9.17) is 0 Å². The van der Waals surface area contributed by atoms with Gasteiger partial charge in [-0.1, -0.05) is 31.6 Å². The minimum absolute atomic E-state index is 0.0170. The lowest BCUT2D eigenvalue weighted by Crippen LogP contribution is -2.07. The summed E-state index contributed by atoms with van der Waals surface area (Å²) in [6.45, 7) is 7.98. The monoisotopic (exact) mass is 234 g/mol. The molecule has 94 valence electrons. The zero-order valence-corrected chi connectivity index (χ0v) is 11.2. The number of carbonyl (C=O) groups is 1. The molecular weight excluding hydrogens is 212 g/mol. The van der Waals surface area contributed by atoms with Crippen LogP contribution in [0.5, 0.6) is 0 Å². The Morgan fingerprint density at radius 3 is 2.65 bits per heavy atom. The fourth-order valence-electron chi connectivity index (χ4n) is 1.78. The lowest BCUT2D eigenvalue weighted by Gasteiger charge is -2.18. The molecule has 0 radical (unpaired) electrons. The van der Waals surface area contributed by atoms with Crippen molar-refractivity contribution in [3.8, 4) is 0 Å². The lowest BCUT2D eigenvalue weighted by atomic mass is 9.87. The first-order valence-corrected chi connectivity index (χ1v) is 6.06. The van der Waals surface area contributed by atoms with E-state index in [0.717, 1.165) is 12.0 Å². The summed E-state index contributed by atoms with van der Waals surface area (Å²) in [4.78, 5) is 11.8. The second kappa shape index (κ2) is 5.46. The van der Waals surface area contributed by atoms with Gasteiger partial charge in [-0.3, -0.25) is 4.79 Å². The van der Waals surface area contributed by atoms with Gasteiger partial charge in [0.05, 0.1) is 6.10 Å². The first kappa shape index (κ1) is 13.9. The van der Waals surface area contributed by atoms with Crippen LogP contribution in [0.2, 0.25) is 0 Å². The molecule has 1 aliphatic carbocycles. The summed E-state index contributed by atoms with van der Waals surface area (Å²) in [5.74, 6) is -0.0170. The van der Waals surface area contributed by atoms with Crippen LogP contribution in [0.4, 0.5) is 0 Å². The van der Waals surface area contributed by atoms with Crippen molar-refractivity contribution in [2.24, 2.45) is 5.41 Å². The van der Waals surface area contributed by atoms with Gasteiger partial charge < -0.3 is 5.11 Å². The molecule has 1 N–H and O–H groups in total. The number of carbonyl (C=O) groups excluding carboxylic acids is 1. The van der Waals surface area contributed by atoms with Gasteiger partial charge in [0.1, 0.15) is 0 Å². The summed E-state index contributed by atoms with van der Waals surface area (Å²) in [5, 5.41) is 9.82. The standard InChI is InChI=1S/C15H22O2/c1-11-5-7-15(3,4)8-6-14(17)12(2)10-13(16)9-11/h5-6,8,10,13,16H,7,9H2,1-4H3. The van der Waals surface area contributed by atoms with E-state index in [9.17, 15) is 9.90 Å². The van der Waals surface area contributed by atoms with Crippen LogP contribution >= 0.6 is 0 Å². The Bertz CT molecular complexity index is 384. The summed E-state index contributed by atoms with van der Waals surface area (Å²) in [5.41, 5.74) is 1.75. The minimum Gasteiger partial charge on any atom is -0.389 e. The van der Waals surface area contributed by atoms with Crippen molar-refractivity contribution in [1.29, 1.82) is 0 Å². The lowest BCUT2D eigenvalue weighted by molar-refractivity contribution is -0.111. The van der Waals surface area contributed by atoms with Crippen molar-refractivity contribution in [3.05, 3.63) is 35.5 Å². The maximum atomic E-state index is 11.8. The number of hydrogen-bond acceptors (Lipinski definition) is 2. The Balaban J connectivity index is 3.05. The number of aliphatic hydroxyl groups is 1. The predicted octanol–water partition coefficient (Wildman–Crippen LogP) is 3.19. The highest BCUT2D eigenvalue weighted by Gasteiger charge is 2.15. The van der Waals surface area contributed by atoms with E-state index in [1.54, 1.807) is 19.1 Å². The van der Waals surface area contributed by atoms with Crippen molar-refractivity contribution in [2.45, 2.75) is 46.6 Å². The van der Waals surface area contributed by atoms with E-state index >= 15 is 0 Å². The van der Waals surface area contributed by atoms with E-state index in [-0.39, 0.29) is 11.2 Å². The Kier molecular flexibility index (Phi) is 4.47. The Hall–Kier alpha value is -1.15. The van der Waals surface area contributed by atoms with E-state index in [0.29, 0.717) is 12.0 Å². The molecule has 2 nitrogen and oxygen atoms in total. The predicted molar refractivity (Wildman–Crippen MR) is 70.7 cm³/mol. The zero-order chi connectivity index (χ0) is 13.1. The molecule has 1 rings (SSSR count). The molecule has 17 heavy (non-hydrogen) atoms. The summed E-state index contributed by atoms with van der Waals surface area (Å²) >= 11 is 0. The van der Waals surface area contributed by atoms with E-state index in [1.807, 2.05) is 13.0 Å². The maximum absolute atomic E-state index is 11.8. The molecule has 0 aromatic rings. The molecule has 0 spiro atoms. The second-order valence-electron chi connectivity index (χ2n) is 5.56. The molecule has 0 heterocycles. The molecule has 0 saturated carbocycles. The number of ketones is 1. The van der Waals surface area contributed by atoms with Gasteiger partial charge in [-0.05, 0) is 49.8 Å². The molecule has 2 heteroatoms. The molecule has 0 bridgehead atoms. The van der Waals surface area contributed by atoms with Gasteiger partial charge in [0, 0.05) is 0 Å². The third-order valence-electron chi connectivity index (χ3n) is 3.02. The van der Waals surface area contributed by atoms with Crippen molar-refractivity contribution in [2.75, 3.05) is 0 Å². The highest BCUT2D eigenvalue weighted by Crippen LogP contribution is 2.25. The number of hydrogen-bond donors (Lipinski definition) is 1. The van der Waals surface area contributed by atoms with E-state index in [2.05, 4.69) is 19.9 Å². The smallest absolute Gasteiger partial charge is 0.181 e. The molecule has 0 aromatic heterocycles. The van der Waals surface area contributed by atoms with E-state index in [1.165, 1.54) is 0 Å². The fraction of sp³-hybridized carbons (Fsp3) is 0.533. The normalized spacial score (nSPS) is 25.9. The van der Waals surface area contributed by atoms with Gasteiger partial charge in [-0.25, -0.2) is 0 Å². The quantitative estimate of drug-likeness (QED) is 0.654. The Morgan fingerprint density at radius 1 is 1.35 bits per heavy atom. The SMILES string of the molecule is CC1=CCC(C)(C)C=CC(=O)C(C)=CC(O)C1. The average molecular weight is 234 g/mol. The van der Waals surface area contributed by atoms with Gasteiger partial charge in [0.15, 0.2) is 5.78 Å². The van der Waals surface area contributed by atoms with Crippen molar-refractivity contribution >= 4 is 5.78 Å². The van der Waals surface area contributed by atoms with Gasteiger partial charge in [-0.15, -0.1) is 0 Å². The highest BCUT2D eigenvalue weighted by atomic mass is 16.3. The molecule has 0 aliphatic heterocycles. The Morgan fingerprint density at radius 2 is 2.00 bits per heavy atom. The maximum Gasteiger partial charge on any atom is 0.181 e. The molecule has 0 saturated heterocycles. The van der Waals surface area contributed by atoms with Gasteiger partial charge in [0.25, 0.3) is 0 Å². The fourth-order valence-corrected chi connectivity index (χ4v) is 1.78. The van der Waals surface area contributed by atoms with Crippen LogP contribution in [-0.2, 0) is 4.79 Å².